The van der Waals surface area contributed by atoms with Crippen LogP contribution in [0, 0.1) is 0 Å². The Morgan fingerprint density at radius 3 is 2.67 bits per heavy atom. The first-order valence-corrected chi connectivity index (χ1v) is 9.93. The van der Waals surface area contributed by atoms with Crippen molar-refractivity contribution in [2.75, 3.05) is 13.1 Å². The summed E-state index contributed by atoms with van der Waals surface area (Å²) in [5, 5.41) is 11.5. The molecule has 154 valence electrons. The summed E-state index contributed by atoms with van der Waals surface area (Å²) >= 11 is 0. The average Bonchev–Trinajstić information content (AvgIpc) is 2.79. The Labute approximate surface area is 172 Å². The number of rotatable bonds is 5. The predicted octanol–water partition coefficient (Wildman–Crippen LogP) is 0.998. The van der Waals surface area contributed by atoms with Gasteiger partial charge in [-0.25, -0.2) is 4.68 Å². The highest BCUT2D eigenvalue weighted by atomic mass is 16.2. The number of carbonyl (C=O) groups excluding carboxylic acids is 2. The van der Waals surface area contributed by atoms with Crippen molar-refractivity contribution < 1.29 is 9.59 Å². The van der Waals surface area contributed by atoms with E-state index in [1.165, 1.54) is 10.9 Å². The maximum absolute atomic E-state index is 12.6. The quantitative estimate of drug-likeness (QED) is 0.677. The fourth-order valence-corrected chi connectivity index (χ4v) is 3.57. The summed E-state index contributed by atoms with van der Waals surface area (Å²) in [5.74, 6) is -0.184. The van der Waals surface area contributed by atoms with E-state index < -0.39 is 0 Å². The highest BCUT2D eigenvalue weighted by Crippen LogP contribution is 2.13. The van der Waals surface area contributed by atoms with E-state index in [2.05, 4.69) is 20.6 Å². The molecule has 3 heterocycles. The van der Waals surface area contributed by atoms with Crippen LogP contribution in [0.25, 0.3) is 10.9 Å². The van der Waals surface area contributed by atoms with Crippen LogP contribution in [0.3, 0.4) is 0 Å². The highest BCUT2D eigenvalue weighted by molar-refractivity contribution is 5.94. The lowest BCUT2D eigenvalue weighted by Gasteiger charge is -2.32. The summed E-state index contributed by atoms with van der Waals surface area (Å²) in [7, 11) is 0. The van der Waals surface area contributed by atoms with Crippen LogP contribution >= 0.6 is 0 Å². The average molecular weight is 406 g/mol. The first-order chi connectivity index (χ1) is 14.6. The standard InChI is InChI=1S/C21H22N6O3/c28-19(9-13-27-21(30)17-5-1-2-6-18(17)24-25-27)26-11-7-16(8-12-26)23-20(29)15-4-3-10-22-14-15/h1-6,10,14,16H,7-9,11-13H2,(H,23,29). The number of nitrogens with zero attached hydrogens (tertiary/aromatic N) is 5. The Balaban J connectivity index is 1.28. The van der Waals surface area contributed by atoms with Gasteiger partial charge in [0, 0.05) is 37.9 Å². The third-order valence-electron chi connectivity index (χ3n) is 5.27. The van der Waals surface area contributed by atoms with E-state index >= 15 is 0 Å². The molecule has 1 fully saturated rings. The molecule has 0 radical (unpaired) electrons. The number of benzene rings is 1. The summed E-state index contributed by atoms with van der Waals surface area (Å²) < 4.78 is 1.24. The maximum Gasteiger partial charge on any atom is 0.277 e. The fraction of sp³-hybridized carbons (Fsp3) is 0.333. The number of nitrogens with one attached hydrogen (secondary N) is 1. The largest absolute Gasteiger partial charge is 0.349 e. The summed E-state index contributed by atoms with van der Waals surface area (Å²) in [5.41, 5.74) is 0.823. The lowest BCUT2D eigenvalue weighted by atomic mass is 10.0. The number of carbonyl (C=O) groups is 2. The van der Waals surface area contributed by atoms with Crippen molar-refractivity contribution in [1.29, 1.82) is 0 Å². The smallest absolute Gasteiger partial charge is 0.277 e. The Bertz CT molecular complexity index is 1110. The second kappa shape index (κ2) is 8.81. The number of fused-ring (bicyclic) bond motifs is 1. The van der Waals surface area contributed by atoms with E-state index in [0.29, 0.717) is 42.4 Å². The van der Waals surface area contributed by atoms with Crippen molar-refractivity contribution in [1.82, 2.24) is 30.2 Å². The Kier molecular flexibility index (Phi) is 5.78. The first-order valence-electron chi connectivity index (χ1n) is 9.93. The van der Waals surface area contributed by atoms with E-state index in [1.54, 1.807) is 47.5 Å². The van der Waals surface area contributed by atoms with E-state index in [4.69, 9.17) is 0 Å². The van der Waals surface area contributed by atoms with Gasteiger partial charge in [-0.15, -0.1) is 5.10 Å². The normalized spacial score (nSPS) is 14.6. The van der Waals surface area contributed by atoms with Gasteiger partial charge in [-0.1, -0.05) is 17.3 Å². The van der Waals surface area contributed by atoms with E-state index in [0.717, 1.165) is 0 Å². The Hall–Kier alpha value is -3.62. The number of likely N-dealkylation sites (tertiary alicyclic amines) is 1. The van der Waals surface area contributed by atoms with Gasteiger partial charge in [0.1, 0.15) is 5.52 Å². The van der Waals surface area contributed by atoms with Gasteiger partial charge in [0.2, 0.25) is 5.91 Å². The zero-order valence-electron chi connectivity index (χ0n) is 16.4. The molecule has 1 aliphatic heterocycles. The van der Waals surface area contributed by atoms with Crippen molar-refractivity contribution in [3.8, 4) is 0 Å². The van der Waals surface area contributed by atoms with Crippen LogP contribution in [0.4, 0.5) is 0 Å². The summed E-state index contributed by atoms with van der Waals surface area (Å²) in [6, 6.07) is 10.5. The van der Waals surface area contributed by atoms with Gasteiger partial charge >= 0.3 is 0 Å². The summed E-state index contributed by atoms with van der Waals surface area (Å²) in [6.07, 6.45) is 4.71. The molecule has 1 aromatic carbocycles. The number of pyridine rings is 1. The minimum absolute atomic E-state index is 0.0238. The molecule has 1 N–H and O–H groups in total. The molecule has 0 saturated carbocycles. The van der Waals surface area contributed by atoms with Gasteiger partial charge in [0.25, 0.3) is 11.5 Å². The second-order valence-electron chi connectivity index (χ2n) is 7.26. The molecule has 4 rings (SSSR count). The number of aromatic nitrogens is 4. The van der Waals surface area contributed by atoms with Crippen LogP contribution in [0.1, 0.15) is 29.6 Å². The number of hydrogen-bond acceptors (Lipinski definition) is 6. The highest BCUT2D eigenvalue weighted by Gasteiger charge is 2.24. The van der Waals surface area contributed by atoms with Crippen LogP contribution in [0.15, 0.2) is 53.6 Å². The van der Waals surface area contributed by atoms with Gasteiger partial charge in [-0.3, -0.25) is 19.4 Å². The monoisotopic (exact) mass is 406 g/mol. The predicted molar refractivity (Wildman–Crippen MR) is 110 cm³/mol. The van der Waals surface area contributed by atoms with E-state index in [9.17, 15) is 14.4 Å². The summed E-state index contributed by atoms with van der Waals surface area (Å²) in [6.45, 7) is 1.32. The number of amides is 2. The zero-order valence-corrected chi connectivity index (χ0v) is 16.4. The van der Waals surface area contributed by atoms with Crippen LogP contribution in [0.5, 0.6) is 0 Å². The molecule has 30 heavy (non-hydrogen) atoms. The van der Waals surface area contributed by atoms with Crippen LogP contribution in [0.2, 0.25) is 0 Å². The van der Waals surface area contributed by atoms with Gasteiger partial charge in [0.05, 0.1) is 17.5 Å². The first kappa shape index (κ1) is 19.7. The maximum atomic E-state index is 12.6. The molecule has 0 aliphatic carbocycles. The molecule has 0 unspecified atom stereocenters. The van der Waals surface area contributed by atoms with Crippen molar-refractivity contribution in [2.45, 2.75) is 31.8 Å². The molecule has 1 saturated heterocycles. The zero-order chi connectivity index (χ0) is 20.9. The molecule has 3 aromatic rings. The van der Waals surface area contributed by atoms with Crippen LogP contribution in [-0.4, -0.2) is 55.8 Å². The lowest BCUT2D eigenvalue weighted by molar-refractivity contribution is -0.132. The number of piperidine rings is 1. The van der Waals surface area contributed by atoms with Gasteiger partial charge in [-0.2, -0.15) is 0 Å². The Morgan fingerprint density at radius 2 is 1.90 bits per heavy atom. The number of aryl methyl sites for hydroxylation is 1. The minimum atomic E-state index is -0.245. The molecule has 0 spiro atoms. The Morgan fingerprint density at radius 1 is 1.10 bits per heavy atom. The van der Waals surface area contributed by atoms with Gasteiger partial charge < -0.3 is 10.2 Å². The van der Waals surface area contributed by atoms with Crippen molar-refractivity contribution in [3.05, 3.63) is 64.7 Å². The summed E-state index contributed by atoms with van der Waals surface area (Å²) in [4.78, 5) is 43.0. The second-order valence-corrected chi connectivity index (χ2v) is 7.26. The fourth-order valence-electron chi connectivity index (χ4n) is 3.57. The number of hydrogen-bond donors (Lipinski definition) is 1. The topological polar surface area (TPSA) is 110 Å². The van der Waals surface area contributed by atoms with E-state index in [-0.39, 0.29) is 36.4 Å². The van der Waals surface area contributed by atoms with Crippen LogP contribution < -0.4 is 10.9 Å². The molecular weight excluding hydrogens is 384 g/mol. The molecule has 9 heteroatoms. The van der Waals surface area contributed by atoms with Crippen molar-refractivity contribution >= 4 is 22.7 Å². The van der Waals surface area contributed by atoms with Crippen molar-refractivity contribution in [2.24, 2.45) is 0 Å². The third kappa shape index (κ3) is 4.35. The SMILES string of the molecule is O=C(NC1CCN(C(=O)CCn2nnc3ccccc3c2=O)CC1)c1cccnc1. The minimum Gasteiger partial charge on any atom is -0.349 e. The van der Waals surface area contributed by atoms with Gasteiger partial charge in [0.15, 0.2) is 0 Å². The molecule has 9 nitrogen and oxygen atoms in total. The molecule has 2 amide bonds. The molecular formula is C21H22N6O3. The van der Waals surface area contributed by atoms with E-state index in [1.807, 2.05) is 0 Å². The molecule has 0 atom stereocenters. The lowest BCUT2D eigenvalue weighted by Crippen LogP contribution is -2.46. The molecule has 2 aromatic heterocycles. The van der Waals surface area contributed by atoms with Gasteiger partial charge in [-0.05, 0) is 37.1 Å². The molecule has 0 bridgehead atoms. The van der Waals surface area contributed by atoms with Crippen molar-refractivity contribution in [3.63, 3.8) is 0 Å². The molecule has 1 aliphatic rings. The third-order valence-corrected chi connectivity index (χ3v) is 5.27. The van der Waals surface area contributed by atoms with Crippen LogP contribution in [-0.2, 0) is 11.3 Å².